The Bertz CT molecular complexity index is 1890. The fourth-order valence-corrected chi connectivity index (χ4v) is 6.30. The molecule has 2 amide bonds. The van der Waals surface area contributed by atoms with Crippen molar-refractivity contribution in [2.24, 2.45) is 5.92 Å². The largest absolute Gasteiger partial charge is 1.00 e. The Kier molecular flexibility index (Phi) is 13.6. The monoisotopic (exact) mass is 713 g/mol. The van der Waals surface area contributed by atoms with Gasteiger partial charge in [-0.2, -0.15) is 0 Å². The quantitative estimate of drug-likeness (QED) is 0.0525. The molecule has 0 aliphatic carbocycles. The molecule has 11 nitrogen and oxygen atoms in total. The van der Waals surface area contributed by atoms with Crippen molar-refractivity contribution >= 4 is 27.6 Å². The van der Waals surface area contributed by atoms with Crippen LogP contribution in [0.15, 0.2) is 91.0 Å². The normalized spacial score (nSPS) is 16.3. The number of amides is 2. The van der Waals surface area contributed by atoms with Crippen LogP contribution in [-0.2, 0) is 26.3 Å². The molecule has 1 aliphatic rings. The summed E-state index contributed by atoms with van der Waals surface area (Å²) in [5, 5.41) is 37.4. The summed E-state index contributed by atoms with van der Waals surface area (Å²) < 4.78 is 45.4. The van der Waals surface area contributed by atoms with Crippen LogP contribution in [0.3, 0.4) is 0 Å². The third-order valence-electron chi connectivity index (χ3n) is 8.51. The third-order valence-corrected chi connectivity index (χ3v) is 9.21. The van der Waals surface area contributed by atoms with E-state index in [9.17, 15) is 42.3 Å². The number of nitrogens with zero attached hydrogens (tertiary/aromatic N) is 1. The first kappa shape index (κ1) is 39.0. The van der Waals surface area contributed by atoms with Gasteiger partial charge in [-0.25, -0.2) is 12.8 Å². The molecule has 5 rings (SSSR count). The van der Waals surface area contributed by atoms with Crippen molar-refractivity contribution in [3.05, 3.63) is 114 Å². The SMILES string of the molecule is O=C(CCNCCS(=O)(=O)[O-])NCc1ccc(N2C(=O)[C@H](CC[C@H](O)c3ccc(F)cc3)[C@H]2c2ccc(-c3cccc(O)c3)cc2O)cc1.[Na+]. The van der Waals surface area contributed by atoms with Crippen LogP contribution in [0.2, 0.25) is 0 Å². The maximum atomic E-state index is 13.7. The number of carbonyl (C=O) groups is 2. The van der Waals surface area contributed by atoms with Crippen molar-refractivity contribution in [1.82, 2.24) is 10.6 Å². The summed E-state index contributed by atoms with van der Waals surface area (Å²) in [7, 11) is -4.32. The van der Waals surface area contributed by atoms with E-state index in [1.807, 2.05) is 6.07 Å². The van der Waals surface area contributed by atoms with Crippen molar-refractivity contribution in [2.75, 3.05) is 23.7 Å². The van der Waals surface area contributed by atoms with Gasteiger partial charge in [-0.3, -0.25) is 9.59 Å². The second kappa shape index (κ2) is 17.4. The van der Waals surface area contributed by atoms with Gasteiger partial charge in [0.2, 0.25) is 11.8 Å². The molecule has 258 valence electrons. The van der Waals surface area contributed by atoms with E-state index in [2.05, 4.69) is 10.6 Å². The van der Waals surface area contributed by atoms with Crippen molar-refractivity contribution in [2.45, 2.75) is 38.0 Å². The number of aliphatic hydroxyl groups is 1. The standard InChI is InChI=1S/C36H38FN3O8S.Na/c37-27-9-6-24(7-10-27)32(42)15-14-31-35(30-13-8-26(21-33(30)43)25-2-1-3-29(41)20-25)40(36(31)45)28-11-4-23(5-12-28)22-39-34(44)16-17-38-18-19-49(46,47)48;/h1-13,20-21,31-32,35,38,41-43H,14-19,22H2,(H,39,44)(H,46,47,48);/q;+1/p-1/t31-,32+,35-;/m1./s1. The number of nitrogens with one attached hydrogen (secondary N) is 2. The maximum Gasteiger partial charge on any atom is 1.00 e. The zero-order valence-electron chi connectivity index (χ0n) is 27.5. The van der Waals surface area contributed by atoms with E-state index in [4.69, 9.17) is 0 Å². The zero-order chi connectivity index (χ0) is 35.1. The summed E-state index contributed by atoms with van der Waals surface area (Å²) in [6.07, 6.45) is -0.284. The summed E-state index contributed by atoms with van der Waals surface area (Å²) in [5.74, 6) is -1.93. The fraction of sp³-hybridized carbons (Fsp3) is 0.278. The van der Waals surface area contributed by atoms with E-state index < -0.39 is 39.8 Å². The van der Waals surface area contributed by atoms with Gasteiger partial charge in [0.25, 0.3) is 0 Å². The van der Waals surface area contributed by atoms with Crippen molar-refractivity contribution in [3.63, 3.8) is 0 Å². The molecule has 50 heavy (non-hydrogen) atoms. The van der Waals surface area contributed by atoms with Gasteiger partial charge >= 0.3 is 29.6 Å². The Balaban J connectivity index is 0.00000562. The van der Waals surface area contributed by atoms with Gasteiger partial charge in [0.15, 0.2) is 0 Å². The topological polar surface area (TPSA) is 179 Å². The molecule has 3 atom stereocenters. The van der Waals surface area contributed by atoms with Gasteiger partial charge in [0.1, 0.15) is 17.3 Å². The van der Waals surface area contributed by atoms with Crippen molar-refractivity contribution in [1.29, 1.82) is 0 Å². The molecular weight excluding hydrogens is 676 g/mol. The Morgan fingerprint density at radius 3 is 2.30 bits per heavy atom. The number of rotatable bonds is 15. The van der Waals surface area contributed by atoms with Gasteiger partial charge in [-0.1, -0.05) is 48.5 Å². The van der Waals surface area contributed by atoms with Crippen LogP contribution in [0.1, 0.15) is 48.1 Å². The molecule has 1 saturated heterocycles. The van der Waals surface area contributed by atoms with Crippen molar-refractivity contribution < 1.29 is 71.8 Å². The van der Waals surface area contributed by atoms with Crippen LogP contribution >= 0.6 is 0 Å². The van der Waals surface area contributed by atoms with E-state index >= 15 is 0 Å². The maximum absolute atomic E-state index is 13.7. The molecule has 14 heteroatoms. The molecule has 5 N–H and O–H groups in total. The second-order valence-corrected chi connectivity index (χ2v) is 13.5. The van der Waals surface area contributed by atoms with Crippen LogP contribution in [0, 0.1) is 11.7 Å². The number of hydrogen-bond donors (Lipinski definition) is 5. The van der Waals surface area contributed by atoms with E-state index in [0.717, 1.165) is 5.56 Å². The number of phenolic OH excluding ortho intramolecular Hbond substituents is 2. The van der Waals surface area contributed by atoms with E-state index in [1.54, 1.807) is 65.6 Å². The number of β-lactam (4-membered cyclic amide) rings is 1. The molecule has 4 aromatic rings. The smallest absolute Gasteiger partial charge is 0.748 e. The summed E-state index contributed by atoms with van der Waals surface area (Å²) in [4.78, 5) is 27.5. The van der Waals surface area contributed by atoms with Crippen LogP contribution in [-0.4, -0.2) is 58.9 Å². The fourth-order valence-electron chi connectivity index (χ4n) is 5.91. The second-order valence-electron chi connectivity index (χ2n) is 11.9. The first-order valence-electron chi connectivity index (χ1n) is 15.8. The molecule has 0 saturated carbocycles. The Morgan fingerprint density at radius 2 is 1.64 bits per heavy atom. The Labute approximate surface area is 312 Å². The molecule has 1 aliphatic heterocycles. The van der Waals surface area contributed by atoms with Crippen LogP contribution in [0.5, 0.6) is 11.5 Å². The minimum Gasteiger partial charge on any atom is -0.748 e. The first-order valence-corrected chi connectivity index (χ1v) is 17.4. The predicted octanol–water partition coefficient (Wildman–Crippen LogP) is 1.27. The minimum atomic E-state index is -4.32. The van der Waals surface area contributed by atoms with Crippen LogP contribution < -0.4 is 45.1 Å². The summed E-state index contributed by atoms with van der Waals surface area (Å²) in [6, 6.07) is 23.8. The molecule has 4 aromatic carbocycles. The van der Waals surface area contributed by atoms with E-state index in [0.29, 0.717) is 34.4 Å². The molecule has 0 unspecified atom stereocenters. The molecule has 1 heterocycles. The summed E-state index contributed by atoms with van der Waals surface area (Å²) in [6.45, 7) is 0.390. The van der Waals surface area contributed by atoms with Gasteiger partial charge in [-0.15, -0.1) is 0 Å². The number of halogens is 1. The number of anilines is 1. The average molecular weight is 714 g/mol. The predicted molar refractivity (Wildman–Crippen MR) is 180 cm³/mol. The average Bonchev–Trinajstić information content (AvgIpc) is 3.06. The van der Waals surface area contributed by atoms with Gasteiger partial charge < -0.3 is 35.4 Å². The molecule has 0 aromatic heterocycles. The summed E-state index contributed by atoms with van der Waals surface area (Å²) in [5.41, 5.74) is 3.78. The van der Waals surface area contributed by atoms with E-state index in [-0.39, 0.29) is 85.3 Å². The molecule has 0 radical (unpaired) electrons. The minimum absolute atomic E-state index is 0. The molecule has 0 spiro atoms. The van der Waals surface area contributed by atoms with Crippen LogP contribution in [0.4, 0.5) is 10.1 Å². The number of aromatic hydroxyl groups is 2. The van der Waals surface area contributed by atoms with Crippen LogP contribution in [0.25, 0.3) is 11.1 Å². The first-order chi connectivity index (χ1) is 23.4. The van der Waals surface area contributed by atoms with Gasteiger partial charge in [0.05, 0.1) is 33.9 Å². The number of carbonyl (C=O) groups excluding carboxylic acids is 2. The van der Waals surface area contributed by atoms with Crippen molar-refractivity contribution in [3.8, 4) is 22.6 Å². The molecule has 0 bridgehead atoms. The van der Waals surface area contributed by atoms with E-state index in [1.165, 1.54) is 24.3 Å². The Hall–Kier alpha value is -3.82. The number of aliphatic hydroxyl groups excluding tert-OH is 1. The number of benzene rings is 4. The number of phenols is 2. The van der Waals surface area contributed by atoms with Gasteiger partial charge in [0, 0.05) is 37.3 Å². The zero-order valence-corrected chi connectivity index (χ0v) is 30.3. The summed E-state index contributed by atoms with van der Waals surface area (Å²) >= 11 is 0. The third kappa shape index (κ3) is 10.1. The molecule has 1 fully saturated rings. The number of hydrogen-bond acceptors (Lipinski definition) is 9. The van der Waals surface area contributed by atoms with Gasteiger partial charge in [-0.05, 0) is 77.6 Å². The Morgan fingerprint density at radius 1 is 0.940 bits per heavy atom. The molecular formula is C36H37FN3NaO8S.